The molecule has 1 aromatic carbocycles. The Hall–Kier alpha value is -1.12. The van der Waals surface area contributed by atoms with E-state index in [1.54, 1.807) is 0 Å². The summed E-state index contributed by atoms with van der Waals surface area (Å²) < 4.78 is 0. The fourth-order valence-electron chi connectivity index (χ4n) is 1.77. The Bertz CT molecular complexity index is 463. The molecule has 17 heavy (non-hydrogen) atoms. The molecule has 2 heteroatoms. The van der Waals surface area contributed by atoms with Crippen LogP contribution in [0, 0.1) is 20.8 Å². The largest absolute Gasteiger partial charge is 0.308 e. The van der Waals surface area contributed by atoms with Gasteiger partial charge in [0.1, 0.15) is 0 Å². The van der Waals surface area contributed by atoms with Crippen LogP contribution in [-0.2, 0) is 13.1 Å². The van der Waals surface area contributed by atoms with Gasteiger partial charge in [0.05, 0.1) is 0 Å². The average Bonchev–Trinajstić information content (AvgIpc) is 2.61. The first-order valence-corrected chi connectivity index (χ1v) is 6.79. The van der Waals surface area contributed by atoms with Gasteiger partial charge in [-0.3, -0.25) is 0 Å². The van der Waals surface area contributed by atoms with Crippen LogP contribution in [0.1, 0.15) is 26.4 Å². The molecule has 0 aliphatic rings. The molecule has 1 N–H and O–H groups in total. The maximum Gasteiger partial charge on any atom is 0.0303 e. The maximum atomic E-state index is 3.49. The van der Waals surface area contributed by atoms with Gasteiger partial charge in [0.2, 0.25) is 0 Å². The minimum absolute atomic E-state index is 0.941. The number of thiophene rings is 1. The zero-order valence-corrected chi connectivity index (χ0v) is 11.5. The number of hydrogen-bond acceptors (Lipinski definition) is 2. The Morgan fingerprint density at radius 1 is 1.00 bits per heavy atom. The van der Waals surface area contributed by atoms with Gasteiger partial charge in [0.25, 0.3) is 0 Å². The Balaban J connectivity index is 1.85. The lowest BCUT2D eigenvalue weighted by atomic mass is 10.1. The number of nitrogens with one attached hydrogen (secondary N) is 1. The van der Waals surface area contributed by atoms with E-state index in [-0.39, 0.29) is 0 Å². The van der Waals surface area contributed by atoms with Gasteiger partial charge in [-0.1, -0.05) is 29.8 Å². The number of rotatable bonds is 4. The van der Waals surface area contributed by atoms with Crippen molar-refractivity contribution in [3.8, 4) is 0 Å². The number of hydrogen-bond donors (Lipinski definition) is 1. The van der Waals surface area contributed by atoms with Crippen molar-refractivity contribution in [1.82, 2.24) is 5.32 Å². The lowest BCUT2D eigenvalue weighted by molar-refractivity contribution is 0.700. The summed E-state index contributed by atoms with van der Waals surface area (Å²) in [5.74, 6) is 0. The maximum absolute atomic E-state index is 3.49. The van der Waals surface area contributed by atoms with E-state index in [0.29, 0.717) is 0 Å². The zero-order chi connectivity index (χ0) is 12.3. The van der Waals surface area contributed by atoms with Gasteiger partial charge in [0.15, 0.2) is 0 Å². The van der Waals surface area contributed by atoms with Crippen molar-refractivity contribution in [2.24, 2.45) is 0 Å². The molecular weight excluding hydrogens is 226 g/mol. The quantitative estimate of drug-likeness (QED) is 0.859. The summed E-state index contributed by atoms with van der Waals surface area (Å²) in [6, 6.07) is 11.0. The molecule has 90 valence electrons. The molecule has 0 radical (unpaired) electrons. The molecule has 0 atom stereocenters. The Kier molecular flexibility index (Phi) is 3.97. The standard InChI is InChI=1S/C15H19NS/c1-11-4-6-14(7-5-11)9-16-10-15-8-12(2)13(3)17-15/h4-8,16H,9-10H2,1-3H3. The second-order valence-corrected chi connectivity index (χ2v) is 5.88. The van der Waals surface area contributed by atoms with Crippen LogP contribution in [0.5, 0.6) is 0 Å². The van der Waals surface area contributed by atoms with E-state index in [1.807, 2.05) is 11.3 Å². The predicted molar refractivity (Wildman–Crippen MR) is 75.5 cm³/mol. The van der Waals surface area contributed by atoms with Gasteiger partial charge < -0.3 is 5.32 Å². The SMILES string of the molecule is Cc1ccc(CNCc2cc(C)c(C)s2)cc1. The molecule has 0 saturated carbocycles. The van der Waals surface area contributed by atoms with E-state index < -0.39 is 0 Å². The molecule has 0 unspecified atom stereocenters. The van der Waals surface area contributed by atoms with E-state index in [2.05, 4.69) is 56.4 Å². The van der Waals surface area contributed by atoms with Gasteiger partial charge in [-0.25, -0.2) is 0 Å². The van der Waals surface area contributed by atoms with Crippen molar-refractivity contribution >= 4 is 11.3 Å². The summed E-state index contributed by atoms with van der Waals surface area (Å²) >= 11 is 1.89. The first-order valence-electron chi connectivity index (χ1n) is 5.97. The third kappa shape index (κ3) is 3.42. The summed E-state index contributed by atoms with van der Waals surface area (Å²) in [6.45, 7) is 8.39. The lowest BCUT2D eigenvalue weighted by Gasteiger charge is -2.03. The van der Waals surface area contributed by atoms with Gasteiger partial charge >= 0.3 is 0 Å². The van der Waals surface area contributed by atoms with Crippen molar-refractivity contribution in [1.29, 1.82) is 0 Å². The van der Waals surface area contributed by atoms with Crippen LogP contribution in [0.25, 0.3) is 0 Å². The molecule has 1 aromatic heterocycles. The topological polar surface area (TPSA) is 12.0 Å². The van der Waals surface area contributed by atoms with Crippen LogP contribution in [0.15, 0.2) is 30.3 Å². The molecule has 0 aliphatic heterocycles. The minimum Gasteiger partial charge on any atom is -0.308 e. The van der Waals surface area contributed by atoms with Crippen LogP contribution >= 0.6 is 11.3 Å². The predicted octanol–water partition coefficient (Wildman–Crippen LogP) is 3.96. The second kappa shape index (κ2) is 5.48. The molecule has 0 amide bonds. The van der Waals surface area contributed by atoms with E-state index >= 15 is 0 Å². The first kappa shape index (κ1) is 12.3. The number of aryl methyl sites for hydroxylation is 3. The molecule has 0 saturated heterocycles. The molecule has 2 rings (SSSR count). The highest BCUT2D eigenvalue weighted by Crippen LogP contribution is 2.20. The Labute approximate surface area is 108 Å². The highest BCUT2D eigenvalue weighted by molar-refractivity contribution is 7.12. The smallest absolute Gasteiger partial charge is 0.0303 e. The third-order valence-electron chi connectivity index (χ3n) is 2.97. The fraction of sp³-hybridized carbons (Fsp3) is 0.333. The Morgan fingerprint density at radius 3 is 2.29 bits per heavy atom. The van der Waals surface area contributed by atoms with Crippen molar-refractivity contribution in [2.75, 3.05) is 0 Å². The molecular formula is C15H19NS. The van der Waals surface area contributed by atoms with E-state index in [4.69, 9.17) is 0 Å². The molecule has 1 heterocycles. The second-order valence-electron chi connectivity index (χ2n) is 4.54. The monoisotopic (exact) mass is 245 g/mol. The zero-order valence-electron chi connectivity index (χ0n) is 10.7. The Morgan fingerprint density at radius 2 is 1.71 bits per heavy atom. The molecule has 0 fully saturated rings. The van der Waals surface area contributed by atoms with Crippen molar-refractivity contribution in [2.45, 2.75) is 33.9 Å². The van der Waals surface area contributed by atoms with Crippen LogP contribution in [0.4, 0.5) is 0 Å². The first-order chi connectivity index (χ1) is 8.15. The summed E-state index contributed by atoms with van der Waals surface area (Å²) in [6.07, 6.45) is 0. The number of benzene rings is 1. The molecule has 2 aromatic rings. The average molecular weight is 245 g/mol. The summed E-state index contributed by atoms with van der Waals surface area (Å²) in [5.41, 5.74) is 4.07. The van der Waals surface area contributed by atoms with E-state index in [0.717, 1.165) is 13.1 Å². The van der Waals surface area contributed by atoms with Crippen molar-refractivity contribution in [3.05, 3.63) is 56.8 Å². The molecule has 1 nitrogen and oxygen atoms in total. The van der Waals surface area contributed by atoms with Crippen molar-refractivity contribution < 1.29 is 0 Å². The van der Waals surface area contributed by atoms with Gasteiger partial charge in [-0.2, -0.15) is 0 Å². The highest BCUT2D eigenvalue weighted by atomic mass is 32.1. The van der Waals surface area contributed by atoms with Gasteiger partial charge in [0, 0.05) is 22.8 Å². The lowest BCUT2D eigenvalue weighted by Crippen LogP contribution is -2.11. The van der Waals surface area contributed by atoms with Crippen LogP contribution in [-0.4, -0.2) is 0 Å². The third-order valence-corrected chi connectivity index (χ3v) is 4.12. The molecule has 0 bridgehead atoms. The van der Waals surface area contributed by atoms with Crippen LogP contribution in [0.3, 0.4) is 0 Å². The van der Waals surface area contributed by atoms with Gasteiger partial charge in [-0.05, 0) is 38.0 Å². The summed E-state index contributed by atoms with van der Waals surface area (Å²) in [4.78, 5) is 2.85. The highest BCUT2D eigenvalue weighted by Gasteiger charge is 2.00. The summed E-state index contributed by atoms with van der Waals surface area (Å²) in [5, 5.41) is 3.49. The van der Waals surface area contributed by atoms with Crippen molar-refractivity contribution in [3.63, 3.8) is 0 Å². The van der Waals surface area contributed by atoms with Crippen LogP contribution in [0.2, 0.25) is 0 Å². The van der Waals surface area contributed by atoms with E-state index in [9.17, 15) is 0 Å². The fourth-order valence-corrected chi connectivity index (χ4v) is 2.80. The minimum atomic E-state index is 0.941. The molecule has 0 aliphatic carbocycles. The molecule has 0 spiro atoms. The summed E-state index contributed by atoms with van der Waals surface area (Å²) in [7, 11) is 0. The van der Waals surface area contributed by atoms with Crippen LogP contribution < -0.4 is 5.32 Å². The normalized spacial score (nSPS) is 10.8. The van der Waals surface area contributed by atoms with Gasteiger partial charge in [-0.15, -0.1) is 11.3 Å². The van der Waals surface area contributed by atoms with E-state index in [1.165, 1.54) is 26.4 Å².